The van der Waals surface area contributed by atoms with Gasteiger partial charge in [0.2, 0.25) is 18.4 Å². The van der Waals surface area contributed by atoms with Crippen molar-refractivity contribution in [2.45, 2.75) is 73.6 Å². The summed E-state index contributed by atoms with van der Waals surface area (Å²) in [6.45, 7) is -1.33. The molecule has 3 aliphatic rings. The van der Waals surface area contributed by atoms with E-state index < -0.39 is 92.6 Å². The van der Waals surface area contributed by atoms with E-state index in [1.165, 1.54) is 43.5 Å². The van der Waals surface area contributed by atoms with Gasteiger partial charge in [-0.25, -0.2) is 0 Å². The molecule has 0 aromatic heterocycles. The molecule has 2 aromatic rings. The van der Waals surface area contributed by atoms with Crippen LogP contribution in [0.4, 0.5) is 0 Å². The molecule has 5 rings (SSSR count). The van der Waals surface area contributed by atoms with E-state index in [-0.39, 0.29) is 28.6 Å². The number of ether oxygens (including phenoxy) is 6. The van der Waals surface area contributed by atoms with E-state index in [2.05, 4.69) is 0 Å². The Balaban J connectivity index is 1.36. The summed E-state index contributed by atoms with van der Waals surface area (Å²) in [6, 6.07) is 8.44. The number of aliphatic hydroxyl groups is 9. The van der Waals surface area contributed by atoms with Crippen molar-refractivity contribution in [3.8, 4) is 23.0 Å². The first kappa shape index (κ1) is 32.3. The molecule has 12 atom stereocenters. The summed E-state index contributed by atoms with van der Waals surface area (Å²) in [6.07, 6.45) is -18.4. The first-order valence-electron chi connectivity index (χ1n) is 13.6. The smallest absolute Gasteiger partial charge is 0.229 e. The van der Waals surface area contributed by atoms with E-state index >= 15 is 0 Å². The van der Waals surface area contributed by atoms with Crippen LogP contribution in [0.15, 0.2) is 36.4 Å². The molecule has 3 aliphatic heterocycles. The highest BCUT2D eigenvalue weighted by Gasteiger charge is 2.47. The van der Waals surface area contributed by atoms with Crippen LogP contribution in [0.1, 0.15) is 22.0 Å². The first-order valence-corrected chi connectivity index (χ1v) is 13.6. The number of Topliss-reactive ketones (excluding diaryl/α,β-unsaturated/α-hetero) is 1. The number of ketones is 1. The molecular formula is C28H34O16. The van der Waals surface area contributed by atoms with Gasteiger partial charge in [0.05, 0.1) is 20.3 Å². The fourth-order valence-electron chi connectivity index (χ4n) is 5.17. The lowest BCUT2D eigenvalue weighted by molar-refractivity contribution is -0.277. The van der Waals surface area contributed by atoms with E-state index in [0.717, 1.165) is 0 Å². The van der Waals surface area contributed by atoms with Crippen LogP contribution in [-0.2, 0) is 9.47 Å². The minimum atomic E-state index is -1.77. The summed E-state index contributed by atoms with van der Waals surface area (Å²) < 4.78 is 33.3. The van der Waals surface area contributed by atoms with Crippen molar-refractivity contribution in [1.29, 1.82) is 0 Å². The Hall–Kier alpha value is -3.13. The molecule has 0 amide bonds. The van der Waals surface area contributed by atoms with Crippen molar-refractivity contribution >= 4 is 5.78 Å². The average Bonchev–Trinajstić information content (AvgIpc) is 3.03. The molecule has 16 nitrogen and oxygen atoms in total. The molecule has 242 valence electrons. The lowest BCUT2D eigenvalue weighted by Crippen LogP contribution is -2.60. The van der Waals surface area contributed by atoms with E-state index in [1.54, 1.807) is 0 Å². The van der Waals surface area contributed by atoms with Crippen molar-refractivity contribution in [2.24, 2.45) is 0 Å². The molecule has 44 heavy (non-hydrogen) atoms. The second kappa shape index (κ2) is 13.1. The number of fused-ring (bicyclic) bond motifs is 1. The summed E-state index contributed by atoms with van der Waals surface area (Å²) in [5, 5.41) is 90.6. The first-order chi connectivity index (χ1) is 21.0. The highest BCUT2D eigenvalue weighted by molar-refractivity contribution is 6.05. The van der Waals surface area contributed by atoms with E-state index in [1.807, 2.05) is 0 Å². The third kappa shape index (κ3) is 5.94. The lowest BCUT2D eigenvalue weighted by atomic mass is 9.92. The molecule has 3 heterocycles. The van der Waals surface area contributed by atoms with Crippen LogP contribution < -0.4 is 18.9 Å². The van der Waals surface area contributed by atoms with Crippen LogP contribution >= 0.6 is 0 Å². The molecule has 0 radical (unpaired) electrons. The molecule has 2 saturated heterocycles. The van der Waals surface area contributed by atoms with Gasteiger partial charge in [-0.15, -0.1) is 0 Å². The molecule has 16 heteroatoms. The van der Waals surface area contributed by atoms with Crippen LogP contribution in [0.25, 0.3) is 0 Å². The van der Waals surface area contributed by atoms with Crippen LogP contribution in [0.3, 0.4) is 0 Å². The van der Waals surface area contributed by atoms with Gasteiger partial charge in [0.15, 0.2) is 12.2 Å². The van der Waals surface area contributed by atoms with E-state index in [9.17, 15) is 50.8 Å². The molecular weight excluding hydrogens is 592 g/mol. The Morgan fingerprint density at radius 1 is 0.705 bits per heavy atom. The molecule has 0 spiro atoms. The Morgan fingerprint density at radius 3 is 1.77 bits per heavy atom. The largest absolute Gasteiger partial charge is 0.496 e. The zero-order valence-electron chi connectivity index (χ0n) is 23.2. The Labute approximate surface area is 249 Å². The monoisotopic (exact) mass is 626 g/mol. The van der Waals surface area contributed by atoms with Gasteiger partial charge in [0.1, 0.15) is 77.4 Å². The quantitative estimate of drug-likeness (QED) is 0.139. The molecule has 0 saturated carbocycles. The van der Waals surface area contributed by atoms with Gasteiger partial charge in [-0.05, 0) is 17.7 Å². The van der Waals surface area contributed by atoms with Gasteiger partial charge in [-0.1, -0.05) is 12.1 Å². The molecule has 12 unspecified atom stereocenters. The molecule has 2 fully saturated rings. The SMILES string of the molecule is COc1cc(OC2OC(CO)C(O)C(O)C2O)c2c(c1)OC(c1ccc(OC3OC(CO)C(O)C(O)C3O)cc1)C(O)C2=O. The second-order valence-electron chi connectivity index (χ2n) is 10.5. The Kier molecular flexibility index (Phi) is 9.59. The number of benzene rings is 2. The number of carbonyl (C=O) groups is 1. The van der Waals surface area contributed by atoms with Crippen LogP contribution in [0, 0.1) is 0 Å². The van der Waals surface area contributed by atoms with Crippen molar-refractivity contribution in [3.63, 3.8) is 0 Å². The minimum Gasteiger partial charge on any atom is -0.496 e. The number of aliphatic hydroxyl groups excluding tert-OH is 9. The molecule has 9 N–H and O–H groups in total. The van der Waals surface area contributed by atoms with Crippen LogP contribution in [0.5, 0.6) is 23.0 Å². The lowest BCUT2D eigenvalue weighted by Gasteiger charge is -2.40. The van der Waals surface area contributed by atoms with Crippen LogP contribution in [0.2, 0.25) is 0 Å². The van der Waals surface area contributed by atoms with Gasteiger partial charge < -0.3 is 74.4 Å². The van der Waals surface area contributed by atoms with Gasteiger partial charge in [-0.3, -0.25) is 4.79 Å². The van der Waals surface area contributed by atoms with E-state index in [0.29, 0.717) is 5.56 Å². The maximum Gasteiger partial charge on any atom is 0.229 e. The predicted octanol–water partition coefficient (Wildman–Crippen LogP) is -3.27. The zero-order chi connectivity index (χ0) is 31.9. The number of carbonyl (C=O) groups excluding carboxylic acids is 1. The van der Waals surface area contributed by atoms with Crippen molar-refractivity contribution in [1.82, 2.24) is 0 Å². The fourth-order valence-corrected chi connectivity index (χ4v) is 5.17. The summed E-state index contributed by atoms with van der Waals surface area (Å²) in [4.78, 5) is 13.4. The van der Waals surface area contributed by atoms with Crippen molar-refractivity contribution in [2.75, 3.05) is 20.3 Å². The average molecular weight is 627 g/mol. The molecule has 0 aliphatic carbocycles. The van der Waals surface area contributed by atoms with Gasteiger partial charge in [0, 0.05) is 12.1 Å². The Morgan fingerprint density at radius 2 is 1.25 bits per heavy atom. The van der Waals surface area contributed by atoms with Crippen molar-refractivity contribution < 1.29 is 79.2 Å². The third-order valence-electron chi connectivity index (χ3n) is 7.73. The molecule has 2 aromatic carbocycles. The minimum absolute atomic E-state index is 0.0501. The second-order valence-corrected chi connectivity index (χ2v) is 10.5. The maximum absolute atomic E-state index is 13.4. The standard InChI is InChI=1S/C28H34O16/c1-39-12-6-13-17(14(7-12)42-28-25(38)22(35)19(32)16(9-30)44-28)20(33)23(36)26(41-13)10-2-4-11(5-3-10)40-27-24(37)21(34)18(31)15(8-29)43-27/h2-7,15-16,18-19,21-32,34-38H,8-9H2,1H3. The van der Waals surface area contributed by atoms with E-state index in [4.69, 9.17) is 28.4 Å². The maximum atomic E-state index is 13.4. The predicted molar refractivity (Wildman–Crippen MR) is 142 cm³/mol. The van der Waals surface area contributed by atoms with Gasteiger partial charge in [-0.2, -0.15) is 0 Å². The summed E-state index contributed by atoms with van der Waals surface area (Å²) in [5.41, 5.74) is 0.117. The number of rotatable bonds is 8. The highest BCUT2D eigenvalue weighted by Crippen LogP contribution is 2.43. The van der Waals surface area contributed by atoms with Gasteiger partial charge in [0.25, 0.3) is 0 Å². The molecule has 0 bridgehead atoms. The topological polar surface area (TPSA) is 255 Å². The highest BCUT2D eigenvalue weighted by atomic mass is 16.7. The fraction of sp³-hybridized carbons (Fsp3) is 0.536. The number of methoxy groups -OCH3 is 1. The normalized spacial score (nSPS) is 37.1. The van der Waals surface area contributed by atoms with Crippen LogP contribution in [-0.4, -0.2) is 140 Å². The van der Waals surface area contributed by atoms with Gasteiger partial charge >= 0.3 is 0 Å². The summed E-state index contributed by atoms with van der Waals surface area (Å²) in [7, 11) is 1.34. The zero-order valence-corrected chi connectivity index (χ0v) is 23.2. The number of hydrogen-bond acceptors (Lipinski definition) is 16. The Bertz CT molecular complexity index is 1300. The summed E-state index contributed by atoms with van der Waals surface area (Å²) >= 11 is 0. The number of hydrogen-bond donors (Lipinski definition) is 9. The van der Waals surface area contributed by atoms with Crippen molar-refractivity contribution in [3.05, 3.63) is 47.5 Å². The summed E-state index contributed by atoms with van der Waals surface area (Å²) in [5.74, 6) is -0.790. The third-order valence-corrected chi connectivity index (χ3v) is 7.73.